The maximum Gasteiger partial charge on any atom is 0.133 e. The topological polar surface area (TPSA) is 31.4 Å². The molecule has 1 fully saturated rings. The molecule has 1 saturated heterocycles. The molecule has 1 aromatic heterocycles. The van der Waals surface area contributed by atoms with Gasteiger partial charge in [-0.25, -0.2) is 4.98 Å². The van der Waals surface area contributed by atoms with E-state index in [2.05, 4.69) is 46.9 Å². The molecule has 0 spiro atoms. The predicted octanol–water partition coefficient (Wildman–Crippen LogP) is 1.72. The van der Waals surface area contributed by atoms with Crippen molar-refractivity contribution in [2.24, 2.45) is 0 Å². The Bertz CT molecular complexity index is 383. The molecular weight excluding hydrogens is 236 g/mol. The number of nitrogens with zero attached hydrogens (tertiary/aromatic N) is 3. The minimum Gasteiger partial charge on any atom is -0.354 e. The fraction of sp³-hybridized carbons (Fsp3) is 0.667. The Balaban J connectivity index is 2.03. The number of aromatic nitrogens is 1. The number of piperazine rings is 1. The molecule has 0 bridgehead atoms. The van der Waals surface area contributed by atoms with Gasteiger partial charge >= 0.3 is 0 Å². The molecule has 0 aliphatic carbocycles. The van der Waals surface area contributed by atoms with Gasteiger partial charge in [0, 0.05) is 50.5 Å². The molecule has 1 N–H and O–H groups in total. The zero-order chi connectivity index (χ0) is 13.7. The van der Waals surface area contributed by atoms with Crippen LogP contribution in [0.3, 0.4) is 0 Å². The molecule has 1 aliphatic heterocycles. The van der Waals surface area contributed by atoms with E-state index in [0.717, 1.165) is 45.1 Å². The first-order valence-corrected chi connectivity index (χ1v) is 7.35. The van der Waals surface area contributed by atoms with Crippen molar-refractivity contribution in [2.45, 2.75) is 33.4 Å². The monoisotopic (exact) mass is 262 g/mol. The van der Waals surface area contributed by atoms with Crippen molar-refractivity contribution in [3.63, 3.8) is 0 Å². The summed E-state index contributed by atoms with van der Waals surface area (Å²) < 4.78 is 0. The second-order valence-corrected chi connectivity index (χ2v) is 5.44. The summed E-state index contributed by atoms with van der Waals surface area (Å²) in [7, 11) is 0. The quantitative estimate of drug-likeness (QED) is 0.875. The van der Waals surface area contributed by atoms with Crippen LogP contribution < -0.4 is 10.2 Å². The number of hydrogen-bond acceptors (Lipinski definition) is 4. The van der Waals surface area contributed by atoms with Crippen molar-refractivity contribution in [1.82, 2.24) is 15.2 Å². The summed E-state index contributed by atoms with van der Waals surface area (Å²) in [5.41, 5.74) is 1.31. The summed E-state index contributed by atoms with van der Waals surface area (Å²) in [5, 5.41) is 3.48. The molecule has 4 nitrogen and oxygen atoms in total. The van der Waals surface area contributed by atoms with E-state index in [0.29, 0.717) is 6.04 Å². The number of hydrogen-bond donors (Lipinski definition) is 1. The van der Waals surface area contributed by atoms with Gasteiger partial charge in [0.15, 0.2) is 0 Å². The molecule has 0 atom stereocenters. The summed E-state index contributed by atoms with van der Waals surface area (Å²) in [6.07, 6.45) is 1.90. The molecule has 2 rings (SSSR count). The van der Waals surface area contributed by atoms with E-state index in [-0.39, 0.29) is 0 Å². The normalized spacial score (nSPS) is 17.2. The first-order chi connectivity index (χ1) is 9.20. The van der Waals surface area contributed by atoms with Gasteiger partial charge in [-0.05, 0) is 12.6 Å². The van der Waals surface area contributed by atoms with Crippen LogP contribution in [-0.4, -0.2) is 48.6 Å². The first-order valence-electron chi connectivity index (χ1n) is 7.35. The molecule has 0 amide bonds. The van der Waals surface area contributed by atoms with Gasteiger partial charge in [0.05, 0.1) is 0 Å². The van der Waals surface area contributed by atoms with Gasteiger partial charge in [0.25, 0.3) is 0 Å². The Hall–Kier alpha value is -1.13. The largest absolute Gasteiger partial charge is 0.354 e. The van der Waals surface area contributed by atoms with Crippen LogP contribution in [0.5, 0.6) is 0 Å². The smallest absolute Gasteiger partial charge is 0.133 e. The van der Waals surface area contributed by atoms with Crippen LogP contribution in [0.4, 0.5) is 5.82 Å². The zero-order valence-electron chi connectivity index (χ0n) is 12.4. The molecule has 1 aliphatic rings. The lowest BCUT2D eigenvalue weighted by molar-refractivity contribution is 0.270. The molecule has 0 saturated carbocycles. The Morgan fingerprint density at radius 2 is 2.00 bits per heavy atom. The molecular formula is C15H26N4. The van der Waals surface area contributed by atoms with Crippen LogP contribution in [0.2, 0.25) is 0 Å². The van der Waals surface area contributed by atoms with Gasteiger partial charge in [-0.1, -0.05) is 26.8 Å². The van der Waals surface area contributed by atoms with E-state index in [1.165, 1.54) is 5.56 Å². The highest BCUT2D eigenvalue weighted by Crippen LogP contribution is 2.18. The van der Waals surface area contributed by atoms with Gasteiger partial charge < -0.3 is 15.1 Å². The minimum absolute atomic E-state index is 0.505. The van der Waals surface area contributed by atoms with E-state index < -0.39 is 0 Å². The molecule has 1 aromatic rings. The molecule has 0 radical (unpaired) electrons. The molecule has 0 aromatic carbocycles. The van der Waals surface area contributed by atoms with Crippen LogP contribution in [0.25, 0.3) is 0 Å². The van der Waals surface area contributed by atoms with Crippen molar-refractivity contribution < 1.29 is 0 Å². The summed E-state index contributed by atoms with van der Waals surface area (Å²) in [6, 6.07) is 4.72. The molecule has 19 heavy (non-hydrogen) atoms. The van der Waals surface area contributed by atoms with Crippen LogP contribution in [-0.2, 0) is 6.54 Å². The first kappa shape index (κ1) is 14.3. The van der Waals surface area contributed by atoms with Crippen LogP contribution >= 0.6 is 0 Å². The number of likely N-dealkylation sites (N-methyl/N-ethyl adjacent to an activating group) is 1. The highest BCUT2D eigenvalue weighted by Gasteiger charge is 2.18. The van der Waals surface area contributed by atoms with E-state index in [4.69, 9.17) is 0 Å². The van der Waals surface area contributed by atoms with Gasteiger partial charge in [0.1, 0.15) is 5.82 Å². The average molecular weight is 262 g/mol. The van der Waals surface area contributed by atoms with E-state index in [1.807, 2.05) is 12.3 Å². The number of rotatable bonds is 5. The van der Waals surface area contributed by atoms with Gasteiger partial charge in [-0.2, -0.15) is 0 Å². The van der Waals surface area contributed by atoms with Gasteiger partial charge in [-0.15, -0.1) is 0 Å². The van der Waals surface area contributed by atoms with Crippen LogP contribution in [0, 0.1) is 0 Å². The van der Waals surface area contributed by atoms with Crippen molar-refractivity contribution in [3.05, 3.63) is 23.9 Å². The molecule has 0 unspecified atom stereocenters. The summed E-state index contributed by atoms with van der Waals surface area (Å²) in [5.74, 6) is 1.16. The second-order valence-electron chi connectivity index (χ2n) is 5.44. The van der Waals surface area contributed by atoms with Crippen LogP contribution in [0.15, 0.2) is 18.3 Å². The number of nitrogens with one attached hydrogen (secondary N) is 1. The molecule has 2 heterocycles. The number of anilines is 1. The third kappa shape index (κ3) is 3.91. The van der Waals surface area contributed by atoms with Crippen LogP contribution in [0.1, 0.15) is 26.3 Å². The van der Waals surface area contributed by atoms with Crippen molar-refractivity contribution in [3.8, 4) is 0 Å². The average Bonchev–Trinajstić information content (AvgIpc) is 2.45. The van der Waals surface area contributed by atoms with E-state index >= 15 is 0 Å². The summed E-state index contributed by atoms with van der Waals surface area (Å²) >= 11 is 0. The Kier molecular flexibility index (Phi) is 5.16. The van der Waals surface area contributed by atoms with Gasteiger partial charge in [-0.3, -0.25) is 0 Å². The Labute approximate surface area is 116 Å². The lowest BCUT2D eigenvalue weighted by Crippen LogP contribution is -2.46. The Morgan fingerprint density at radius 3 is 2.63 bits per heavy atom. The zero-order valence-corrected chi connectivity index (χ0v) is 12.4. The molecule has 106 valence electrons. The van der Waals surface area contributed by atoms with Crippen molar-refractivity contribution >= 4 is 5.82 Å². The minimum atomic E-state index is 0.505. The highest BCUT2D eigenvalue weighted by molar-refractivity contribution is 5.47. The Morgan fingerprint density at radius 1 is 1.26 bits per heavy atom. The third-order valence-corrected chi connectivity index (χ3v) is 3.69. The van der Waals surface area contributed by atoms with Crippen molar-refractivity contribution in [2.75, 3.05) is 37.6 Å². The van der Waals surface area contributed by atoms with Crippen molar-refractivity contribution in [1.29, 1.82) is 0 Å². The molecule has 4 heteroatoms. The summed E-state index contributed by atoms with van der Waals surface area (Å²) in [4.78, 5) is 9.51. The lowest BCUT2D eigenvalue weighted by Gasteiger charge is -2.35. The van der Waals surface area contributed by atoms with Gasteiger partial charge in [0.2, 0.25) is 0 Å². The maximum absolute atomic E-state index is 4.60. The fourth-order valence-corrected chi connectivity index (χ4v) is 2.44. The fourth-order valence-electron chi connectivity index (χ4n) is 2.44. The van der Waals surface area contributed by atoms with E-state index in [9.17, 15) is 0 Å². The highest BCUT2D eigenvalue weighted by atomic mass is 15.3. The third-order valence-electron chi connectivity index (χ3n) is 3.69. The number of pyridine rings is 1. The SMILES string of the molecule is CCN1CCN(c2ncccc2CNC(C)C)CC1. The second kappa shape index (κ2) is 6.87. The lowest BCUT2D eigenvalue weighted by atomic mass is 10.2. The standard InChI is InChI=1S/C15H26N4/c1-4-18-8-10-19(11-9-18)15-14(6-5-7-16-15)12-17-13(2)3/h5-7,13,17H,4,8-12H2,1-3H3. The van der Waals surface area contributed by atoms with E-state index in [1.54, 1.807) is 0 Å². The maximum atomic E-state index is 4.60. The predicted molar refractivity (Wildman–Crippen MR) is 80.5 cm³/mol. The summed E-state index contributed by atoms with van der Waals surface area (Å²) in [6.45, 7) is 13.1.